The van der Waals surface area contributed by atoms with Crippen LogP contribution < -0.4 is 10.2 Å². The molecule has 0 aliphatic carbocycles. The lowest BCUT2D eigenvalue weighted by molar-refractivity contribution is -0.121. The molecule has 1 fully saturated rings. The average Bonchev–Trinajstić information content (AvgIpc) is 3.23. The van der Waals surface area contributed by atoms with Crippen molar-refractivity contribution in [3.8, 4) is 0 Å². The molecule has 3 rings (SSSR count). The van der Waals surface area contributed by atoms with E-state index in [-0.39, 0.29) is 5.91 Å². The normalized spacial score (nSPS) is 17.6. The Morgan fingerprint density at radius 3 is 2.91 bits per heavy atom. The van der Waals surface area contributed by atoms with Crippen molar-refractivity contribution in [2.24, 2.45) is 5.92 Å². The molecule has 1 unspecified atom stereocenters. The summed E-state index contributed by atoms with van der Waals surface area (Å²) >= 11 is 1.69. The molecular weight excluding hydrogens is 292 g/mol. The molecule has 0 spiro atoms. The maximum atomic E-state index is 11.9. The van der Waals surface area contributed by atoms with Crippen molar-refractivity contribution in [2.45, 2.75) is 19.3 Å². The molecule has 1 aliphatic heterocycles. The Balaban J connectivity index is 1.38. The highest BCUT2D eigenvalue weighted by Crippen LogP contribution is 2.22. The highest BCUT2D eigenvalue weighted by molar-refractivity contribution is 7.07. The number of rotatable bonds is 6. The van der Waals surface area contributed by atoms with Crippen LogP contribution in [-0.4, -0.2) is 25.5 Å². The van der Waals surface area contributed by atoms with Gasteiger partial charge in [-0.05, 0) is 53.3 Å². The molecule has 0 radical (unpaired) electrons. The monoisotopic (exact) mass is 314 g/mol. The number of benzene rings is 1. The summed E-state index contributed by atoms with van der Waals surface area (Å²) in [5.74, 6) is 0.731. The third-order valence-electron chi connectivity index (χ3n) is 4.22. The van der Waals surface area contributed by atoms with E-state index in [1.165, 1.54) is 11.3 Å². The Morgan fingerprint density at radius 2 is 2.14 bits per heavy atom. The summed E-state index contributed by atoms with van der Waals surface area (Å²) in [4.78, 5) is 14.3. The zero-order chi connectivity index (χ0) is 15.2. The topological polar surface area (TPSA) is 32.3 Å². The molecule has 3 nitrogen and oxygen atoms in total. The Kier molecular flexibility index (Phi) is 5.11. The smallest absolute Gasteiger partial charge is 0.220 e. The summed E-state index contributed by atoms with van der Waals surface area (Å²) < 4.78 is 0. The number of para-hydroxylation sites is 1. The van der Waals surface area contributed by atoms with E-state index in [1.54, 1.807) is 11.3 Å². The van der Waals surface area contributed by atoms with Gasteiger partial charge in [0, 0.05) is 31.7 Å². The van der Waals surface area contributed by atoms with E-state index in [1.807, 2.05) is 6.07 Å². The number of thiophene rings is 1. The van der Waals surface area contributed by atoms with Gasteiger partial charge < -0.3 is 10.2 Å². The van der Waals surface area contributed by atoms with Gasteiger partial charge in [-0.15, -0.1) is 0 Å². The van der Waals surface area contributed by atoms with Gasteiger partial charge in [-0.2, -0.15) is 11.3 Å². The number of aryl methyl sites for hydroxylation is 1. The first-order chi connectivity index (χ1) is 10.8. The summed E-state index contributed by atoms with van der Waals surface area (Å²) in [6, 6.07) is 12.6. The van der Waals surface area contributed by atoms with Crippen LogP contribution in [0, 0.1) is 5.92 Å². The molecule has 1 aromatic heterocycles. The first kappa shape index (κ1) is 15.1. The zero-order valence-electron chi connectivity index (χ0n) is 12.7. The molecule has 4 heteroatoms. The van der Waals surface area contributed by atoms with Gasteiger partial charge >= 0.3 is 0 Å². The van der Waals surface area contributed by atoms with Gasteiger partial charge in [0.25, 0.3) is 0 Å². The third-order valence-corrected chi connectivity index (χ3v) is 4.95. The molecule has 2 aromatic rings. The van der Waals surface area contributed by atoms with Crippen molar-refractivity contribution in [3.05, 3.63) is 52.7 Å². The lowest BCUT2D eigenvalue weighted by Gasteiger charge is -2.18. The van der Waals surface area contributed by atoms with E-state index in [9.17, 15) is 4.79 Å². The van der Waals surface area contributed by atoms with Gasteiger partial charge in [0.1, 0.15) is 0 Å². The number of hydrogen-bond acceptors (Lipinski definition) is 3. The molecule has 0 saturated carbocycles. The summed E-state index contributed by atoms with van der Waals surface area (Å²) in [5.41, 5.74) is 2.55. The summed E-state index contributed by atoms with van der Waals surface area (Å²) in [7, 11) is 0. The van der Waals surface area contributed by atoms with Crippen LogP contribution in [0.2, 0.25) is 0 Å². The molecule has 1 aromatic carbocycles. The Bertz CT molecular complexity index is 582. The number of carbonyl (C=O) groups is 1. The maximum Gasteiger partial charge on any atom is 0.220 e. The Labute approximate surface area is 136 Å². The lowest BCUT2D eigenvalue weighted by atomic mass is 10.1. The predicted molar refractivity (Wildman–Crippen MR) is 92.4 cm³/mol. The molecule has 1 saturated heterocycles. The quantitative estimate of drug-likeness (QED) is 0.887. The molecule has 2 heterocycles. The van der Waals surface area contributed by atoms with Gasteiger partial charge in [-0.1, -0.05) is 18.2 Å². The van der Waals surface area contributed by atoms with Gasteiger partial charge in [0.15, 0.2) is 0 Å². The van der Waals surface area contributed by atoms with Crippen molar-refractivity contribution >= 4 is 22.9 Å². The first-order valence-corrected chi connectivity index (χ1v) is 8.83. The fourth-order valence-electron chi connectivity index (χ4n) is 2.91. The molecule has 1 aliphatic rings. The molecule has 1 atom stereocenters. The van der Waals surface area contributed by atoms with Crippen molar-refractivity contribution < 1.29 is 4.79 Å². The minimum atomic E-state index is 0.171. The van der Waals surface area contributed by atoms with Crippen molar-refractivity contribution in [1.82, 2.24) is 5.32 Å². The van der Waals surface area contributed by atoms with Gasteiger partial charge in [-0.3, -0.25) is 4.79 Å². The fourth-order valence-corrected chi connectivity index (χ4v) is 3.62. The van der Waals surface area contributed by atoms with Crippen molar-refractivity contribution in [1.29, 1.82) is 0 Å². The Hall–Kier alpha value is -1.81. The Morgan fingerprint density at radius 1 is 1.27 bits per heavy atom. The largest absolute Gasteiger partial charge is 0.371 e. The SMILES string of the molecule is O=C(CCc1ccsc1)NCC1CCN(c2ccccc2)C1. The summed E-state index contributed by atoms with van der Waals surface area (Å²) in [5, 5.41) is 7.27. The van der Waals surface area contributed by atoms with Crippen molar-refractivity contribution in [3.63, 3.8) is 0 Å². The fraction of sp³-hybridized carbons (Fsp3) is 0.389. The molecule has 116 valence electrons. The van der Waals surface area contributed by atoms with Gasteiger partial charge in [-0.25, -0.2) is 0 Å². The van der Waals surface area contributed by atoms with Crippen LogP contribution in [0.4, 0.5) is 5.69 Å². The van der Waals surface area contributed by atoms with E-state index < -0.39 is 0 Å². The minimum Gasteiger partial charge on any atom is -0.371 e. The first-order valence-electron chi connectivity index (χ1n) is 7.89. The molecule has 1 N–H and O–H groups in total. The number of carbonyl (C=O) groups excluding carboxylic acids is 1. The van der Waals surface area contributed by atoms with Gasteiger partial charge in [0.05, 0.1) is 0 Å². The van der Waals surface area contributed by atoms with Gasteiger partial charge in [0.2, 0.25) is 5.91 Å². The lowest BCUT2D eigenvalue weighted by Crippen LogP contribution is -2.31. The van der Waals surface area contributed by atoms with Crippen LogP contribution in [0.15, 0.2) is 47.2 Å². The van der Waals surface area contributed by atoms with E-state index in [4.69, 9.17) is 0 Å². The van der Waals surface area contributed by atoms with Crippen LogP contribution in [0.1, 0.15) is 18.4 Å². The zero-order valence-corrected chi connectivity index (χ0v) is 13.5. The van der Waals surface area contributed by atoms with Crippen LogP contribution in [0.25, 0.3) is 0 Å². The molecule has 0 bridgehead atoms. The van der Waals surface area contributed by atoms with Crippen LogP contribution in [-0.2, 0) is 11.2 Å². The number of nitrogens with zero attached hydrogens (tertiary/aromatic N) is 1. The number of nitrogens with one attached hydrogen (secondary N) is 1. The van der Waals surface area contributed by atoms with Crippen LogP contribution in [0.3, 0.4) is 0 Å². The number of anilines is 1. The third kappa shape index (κ3) is 4.10. The minimum absolute atomic E-state index is 0.171. The summed E-state index contributed by atoms with van der Waals surface area (Å²) in [6.45, 7) is 2.92. The molecule has 1 amide bonds. The number of amides is 1. The van der Waals surface area contributed by atoms with E-state index >= 15 is 0 Å². The average molecular weight is 314 g/mol. The summed E-state index contributed by atoms with van der Waals surface area (Å²) in [6.07, 6.45) is 2.59. The van der Waals surface area contributed by atoms with Crippen LogP contribution in [0.5, 0.6) is 0 Å². The second-order valence-electron chi connectivity index (χ2n) is 5.87. The predicted octanol–water partition coefficient (Wildman–Crippen LogP) is 3.32. The van der Waals surface area contributed by atoms with Crippen molar-refractivity contribution in [2.75, 3.05) is 24.5 Å². The second-order valence-corrected chi connectivity index (χ2v) is 6.65. The standard InChI is InChI=1S/C18H22N2OS/c21-18(7-6-15-9-11-22-14-15)19-12-16-8-10-20(13-16)17-4-2-1-3-5-17/h1-5,9,11,14,16H,6-8,10,12-13H2,(H,19,21). The highest BCUT2D eigenvalue weighted by atomic mass is 32.1. The maximum absolute atomic E-state index is 11.9. The highest BCUT2D eigenvalue weighted by Gasteiger charge is 2.22. The van der Waals surface area contributed by atoms with E-state index in [0.29, 0.717) is 12.3 Å². The number of hydrogen-bond donors (Lipinski definition) is 1. The van der Waals surface area contributed by atoms with E-state index in [2.05, 4.69) is 51.3 Å². The molecule has 22 heavy (non-hydrogen) atoms. The van der Waals surface area contributed by atoms with Crippen LogP contribution >= 0.6 is 11.3 Å². The van der Waals surface area contributed by atoms with E-state index in [0.717, 1.165) is 32.5 Å². The second kappa shape index (κ2) is 7.45. The molecular formula is C18H22N2OS.